The molecule has 0 bridgehead atoms. The molecule has 1 unspecified atom stereocenters. The summed E-state index contributed by atoms with van der Waals surface area (Å²) in [4.78, 5) is 16.1. The molecule has 0 radical (unpaired) electrons. The van der Waals surface area contributed by atoms with Crippen molar-refractivity contribution in [2.75, 3.05) is 13.7 Å². The van der Waals surface area contributed by atoms with E-state index in [0.29, 0.717) is 31.2 Å². The second-order valence-electron chi connectivity index (χ2n) is 4.94. The number of amides is 1. The minimum Gasteiger partial charge on any atom is -0.383 e. The summed E-state index contributed by atoms with van der Waals surface area (Å²) in [6.07, 6.45) is 0.713. The van der Waals surface area contributed by atoms with Crippen LogP contribution >= 0.6 is 15.9 Å². The van der Waals surface area contributed by atoms with Crippen molar-refractivity contribution in [2.45, 2.75) is 25.8 Å². The minimum absolute atomic E-state index is 0.0153. The molecule has 2 rings (SSSR count). The highest BCUT2D eigenvalue weighted by Crippen LogP contribution is 2.19. The first-order valence-electron chi connectivity index (χ1n) is 6.95. The molecule has 1 N–H and O–H groups in total. The smallest absolute Gasteiger partial charge is 0.227 e. The third kappa shape index (κ3) is 4.92. The minimum atomic E-state index is -0.0621. The number of carbonyl (C=O) groups is 1. The average Bonchev–Trinajstić information content (AvgIpc) is 2.95. The highest BCUT2D eigenvalue weighted by atomic mass is 79.9. The van der Waals surface area contributed by atoms with Gasteiger partial charge in [-0.25, -0.2) is 0 Å². The third-order valence-electron chi connectivity index (χ3n) is 2.96. The van der Waals surface area contributed by atoms with Crippen molar-refractivity contribution in [1.82, 2.24) is 15.5 Å². The Bertz CT molecular complexity index is 613. The molecule has 0 aliphatic carbocycles. The van der Waals surface area contributed by atoms with E-state index in [1.165, 1.54) is 0 Å². The second-order valence-corrected chi connectivity index (χ2v) is 5.86. The number of methoxy groups -OCH3 is 1. The molecule has 7 heteroatoms. The number of nitrogens with zero attached hydrogens (tertiary/aromatic N) is 2. The van der Waals surface area contributed by atoms with Crippen LogP contribution in [0.1, 0.15) is 19.2 Å². The molecule has 0 spiro atoms. The van der Waals surface area contributed by atoms with Gasteiger partial charge >= 0.3 is 0 Å². The third-order valence-corrected chi connectivity index (χ3v) is 3.49. The van der Waals surface area contributed by atoms with Crippen molar-refractivity contribution in [2.24, 2.45) is 0 Å². The van der Waals surface area contributed by atoms with Gasteiger partial charge in [0.2, 0.25) is 17.6 Å². The molecular weight excluding hydrogens is 350 g/mol. The molecule has 0 saturated carbocycles. The highest BCUT2D eigenvalue weighted by Gasteiger charge is 2.12. The summed E-state index contributed by atoms with van der Waals surface area (Å²) < 4.78 is 11.1. The van der Waals surface area contributed by atoms with Crippen LogP contribution in [0.2, 0.25) is 0 Å². The maximum Gasteiger partial charge on any atom is 0.227 e. The lowest BCUT2D eigenvalue weighted by atomic mass is 10.2. The highest BCUT2D eigenvalue weighted by molar-refractivity contribution is 9.10. The maximum atomic E-state index is 11.8. The Morgan fingerprint density at radius 1 is 1.41 bits per heavy atom. The largest absolute Gasteiger partial charge is 0.383 e. The van der Waals surface area contributed by atoms with Gasteiger partial charge in [0.25, 0.3) is 0 Å². The number of aryl methyl sites for hydroxylation is 1. The first-order valence-corrected chi connectivity index (χ1v) is 7.74. The molecule has 0 aliphatic heterocycles. The van der Waals surface area contributed by atoms with Crippen LogP contribution < -0.4 is 5.32 Å². The van der Waals surface area contributed by atoms with Crippen LogP contribution in [-0.4, -0.2) is 35.8 Å². The van der Waals surface area contributed by atoms with Crippen molar-refractivity contribution >= 4 is 21.8 Å². The molecule has 1 aromatic carbocycles. The number of rotatable bonds is 7. The van der Waals surface area contributed by atoms with Crippen molar-refractivity contribution in [3.8, 4) is 11.4 Å². The van der Waals surface area contributed by atoms with E-state index in [4.69, 9.17) is 9.26 Å². The van der Waals surface area contributed by atoms with Crippen LogP contribution in [0.3, 0.4) is 0 Å². The standard InChI is InChI=1S/C15H18BrN3O3/c1-10(9-21-2)17-13(20)7-8-14-18-15(19-22-14)11-3-5-12(16)6-4-11/h3-6,10H,7-9H2,1-2H3,(H,17,20). The number of nitrogens with one attached hydrogen (secondary N) is 1. The summed E-state index contributed by atoms with van der Waals surface area (Å²) in [5.74, 6) is 0.913. The molecule has 2 aromatic rings. The van der Waals surface area contributed by atoms with Crippen LogP contribution in [0.25, 0.3) is 11.4 Å². The molecular formula is C15H18BrN3O3. The first kappa shape index (κ1) is 16.6. The Labute approximate surface area is 137 Å². The maximum absolute atomic E-state index is 11.8. The van der Waals surface area contributed by atoms with Gasteiger partial charge in [0, 0.05) is 36.0 Å². The molecule has 1 aromatic heterocycles. The van der Waals surface area contributed by atoms with E-state index in [-0.39, 0.29) is 11.9 Å². The lowest BCUT2D eigenvalue weighted by molar-refractivity contribution is -0.122. The fourth-order valence-corrected chi connectivity index (χ4v) is 2.20. The van der Waals surface area contributed by atoms with Crippen LogP contribution in [-0.2, 0) is 16.0 Å². The van der Waals surface area contributed by atoms with E-state index < -0.39 is 0 Å². The molecule has 0 saturated heterocycles. The van der Waals surface area contributed by atoms with E-state index in [0.717, 1.165) is 10.0 Å². The molecule has 118 valence electrons. The van der Waals surface area contributed by atoms with Gasteiger partial charge in [-0.3, -0.25) is 4.79 Å². The van der Waals surface area contributed by atoms with Gasteiger partial charge in [0.1, 0.15) is 0 Å². The quantitative estimate of drug-likeness (QED) is 0.813. The van der Waals surface area contributed by atoms with Gasteiger partial charge in [0.15, 0.2) is 0 Å². The monoisotopic (exact) mass is 367 g/mol. The topological polar surface area (TPSA) is 77.2 Å². The Morgan fingerprint density at radius 3 is 2.82 bits per heavy atom. The van der Waals surface area contributed by atoms with Crippen LogP contribution in [0.5, 0.6) is 0 Å². The number of ether oxygens (including phenoxy) is 1. The zero-order chi connectivity index (χ0) is 15.9. The fourth-order valence-electron chi connectivity index (χ4n) is 1.93. The summed E-state index contributed by atoms with van der Waals surface area (Å²) >= 11 is 3.38. The summed E-state index contributed by atoms with van der Waals surface area (Å²) in [6.45, 7) is 2.37. The van der Waals surface area contributed by atoms with Crippen molar-refractivity contribution in [1.29, 1.82) is 0 Å². The Kier molecular flexibility index (Phi) is 6.09. The number of carbonyl (C=O) groups excluding carboxylic acids is 1. The molecule has 1 amide bonds. The molecule has 0 aliphatic rings. The van der Waals surface area contributed by atoms with E-state index in [9.17, 15) is 4.79 Å². The van der Waals surface area contributed by atoms with Gasteiger partial charge in [-0.05, 0) is 31.2 Å². The molecule has 1 atom stereocenters. The molecule has 6 nitrogen and oxygen atoms in total. The lowest BCUT2D eigenvalue weighted by Gasteiger charge is -2.11. The number of halogens is 1. The van der Waals surface area contributed by atoms with E-state index >= 15 is 0 Å². The Morgan fingerprint density at radius 2 is 2.14 bits per heavy atom. The molecule has 22 heavy (non-hydrogen) atoms. The van der Waals surface area contributed by atoms with E-state index in [1.54, 1.807) is 7.11 Å². The van der Waals surface area contributed by atoms with Crippen LogP contribution in [0.15, 0.2) is 33.3 Å². The summed E-state index contributed by atoms with van der Waals surface area (Å²) in [5.41, 5.74) is 0.872. The number of aromatic nitrogens is 2. The lowest BCUT2D eigenvalue weighted by Crippen LogP contribution is -2.35. The summed E-state index contributed by atoms with van der Waals surface area (Å²) in [7, 11) is 1.60. The van der Waals surface area contributed by atoms with Crippen LogP contribution in [0.4, 0.5) is 0 Å². The predicted molar refractivity (Wildman–Crippen MR) is 85.2 cm³/mol. The van der Waals surface area contributed by atoms with Crippen LogP contribution in [0, 0.1) is 0 Å². The normalized spacial score (nSPS) is 12.1. The predicted octanol–water partition coefficient (Wildman–Crippen LogP) is 2.58. The van der Waals surface area contributed by atoms with E-state index in [2.05, 4.69) is 31.4 Å². The zero-order valence-corrected chi connectivity index (χ0v) is 14.1. The molecule has 0 fully saturated rings. The second kappa shape index (κ2) is 8.05. The molecule has 1 heterocycles. The van der Waals surface area contributed by atoms with Crippen molar-refractivity contribution < 1.29 is 14.1 Å². The first-order chi connectivity index (χ1) is 10.6. The van der Waals surface area contributed by atoms with Gasteiger partial charge in [-0.2, -0.15) is 4.98 Å². The zero-order valence-electron chi connectivity index (χ0n) is 12.5. The van der Waals surface area contributed by atoms with Gasteiger partial charge in [-0.15, -0.1) is 0 Å². The van der Waals surface area contributed by atoms with Gasteiger partial charge in [-0.1, -0.05) is 21.1 Å². The average molecular weight is 368 g/mol. The number of hydrogen-bond donors (Lipinski definition) is 1. The van der Waals surface area contributed by atoms with Gasteiger partial charge < -0.3 is 14.6 Å². The van der Waals surface area contributed by atoms with Crippen molar-refractivity contribution in [3.05, 3.63) is 34.6 Å². The number of benzene rings is 1. The van der Waals surface area contributed by atoms with E-state index in [1.807, 2.05) is 31.2 Å². The fraction of sp³-hybridized carbons (Fsp3) is 0.400. The summed E-state index contributed by atoms with van der Waals surface area (Å²) in [6, 6.07) is 7.61. The SMILES string of the molecule is COCC(C)NC(=O)CCc1nc(-c2ccc(Br)cc2)no1. The van der Waals surface area contributed by atoms with Gasteiger partial charge in [0.05, 0.1) is 6.61 Å². The van der Waals surface area contributed by atoms with Crippen molar-refractivity contribution in [3.63, 3.8) is 0 Å². The number of hydrogen-bond acceptors (Lipinski definition) is 5. The summed E-state index contributed by atoms with van der Waals surface area (Å²) in [5, 5.41) is 6.77. The Hall–Kier alpha value is -1.73. The Balaban J connectivity index is 1.87.